The van der Waals surface area contributed by atoms with Crippen molar-refractivity contribution in [1.29, 1.82) is 0 Å². The van der Waals surface area contributed by atoms with Crippen LogP contribution in [-0.4, -0.2) is 23.2 Å². The largest absolute Gasteiger partial charge is 0.469 e. The minimum absolute atomic E-state index is 0.0778. The zero-order valence-electron chi connectivity index (χ0n) is 12.2. The molecule has 2 rings (SSSR count). The molecule has 2 N–H and O–H groups in total. The van der Waals surface area contributed by atoms with E-state index in [-0.39, 0.29) is 11.9 Å². The van der Waals surface area contributed by atoms with Crippen molar-refractivity contribution >= 4 is 5.91 Å². The third kappa shape index (κ3) is 5.08. The van der Waals surface area contributed by atoms with Crippen molar-refractivity contribution in [2.45, 2.75) is 38.3 Å². The van der Waals surface area contributed by atoms with Crippen LogP contribution in [0.5, 0.6) is 0 Å². The Morgan fingerprint density at radius 2 is 2.00 bits per heavy atom. The topological polar surface area (TPSA) is 62.5 Å². The van der Waals surface area contributed by atoms with Crippen LogP contribution in [0.4, 0.5) is 0 Å². The number of hydrogen-bond donors (Lipinski definition) is 2. The molecule has 4 nitrogen and oxygen atoms in total. The summed E-state index contributed by atoms with van der Waals surface area (Å²) < 4.78 is 5.19. The summed E-state index contributed by atoms with van der Waals surface area (Å²) in [7, 11) is 0. The van der Waals surface area contributed by atoms with Crippen LogP contribution in [0.3, 0.4) is 0 Å². The summed E-state index contributed by atoms with van der Waals surface area (Å²) in [6.07, 6.45) is 2.45. The molecule has 1 aromatic carbocycles. The molecule has 0 spiro atoms. The molecule has 0 saturated carbocycles. The fourth-order valence-corrected chi connectivity index (χ4v) is 2.15. The number of aliphatic hydroxyl groups excluding tert-OH is 1. The number of rotatable bonds is 7. The van der Waals surface area contributed by atoms with Crippen molar-refractivity contribution in [1.82, 2.24) is 5.32 Å². The summed E-state index contributed by atoms with van der Waals surface area (Å²) in [6, 6.07) is 13.1. The number of amides is 1. The van der Waals surface area contributed by atoms with Crippen LogP contribution < -0.4 is 5.32 Å². The Kier molecular flexibility index (Phi) is 5.58. The first kappa shape index (κ1) is 15.3. The summed E-state index contributed by atoms with van der Waals surface area (Å²) >= 11 is 0. The van der Waals surface area contributed by atoms with E-state index in [1.54, 1.807) is 12.3 Å². The van der Waals surface area contributed by atoms with Gasteiger partial charge >= 0.3 is 0 Å². The summed E-state index contributed by atoms with van der Waals surface area (Å²) in [5.41, 5.74) is 1.06. The lowest BCUT2D eigenvalue weighted by atomic mass is 10.0. The minimum atomic E-state index is -0.597. The van der Waals surface area contributed by atoms with Gasteiger partial charge in [-0.25, -0.2) is 0 Å². The second-order valence-electron chi connectivity index (χ2n) is 5.19. The minimum Gasteiger partial charge on any atom is -0.469 e. The van der Waals surface area contributed by atoms with Crippen LogP contribution in [0.15, 0.2) is 53.1 Å². The molecule has 0 bridgehead atoms. The van der Waals surface area contributed by atoms with Gasteiger partial charge in [0.15, 0.2) is 0 Å². The SMILES string of the molecule is CC(NC(=O)CCc1ccco1)C(O)Cc1ccccc1. The first-order chi connectivity index (χ1) is 10.1. The third-order valence-electron chi connectivity index (χ3n) is 3.43. The molecule has 1 heterocycles. The van der Waals surface area contributed by atoms with Gasteiger partial charge in [0, 0.05) is 19.3 Å². The fraction of sp³-hybridized carbons (Fsp3) is 0.353. The molecule has 1 aromatic heterocycles. The number of carbonyl (C=O) groups is 1. The van der Waals surface area contributed by atoms with Gasteiger partial charge in [-0.3, -0.25) is 4.79 Å². The van der Waals surface area contributed by atoms with Crippen LogP contribution in [0.2, 0.25) is 0 Å². The molecule has 0 aliphatic rings. The first-order valence-electron chi connectivity index (χ1n) is 7.19. The molecule has 0 saturated heterocycles. The van der Waals surface area contributed by atoms with E-state index in [2.05, 4.69) is 5.32 Å². The zero-order chi connectivity index (χ0) is 15.1. The molecular formula is C17H21NO3. The van der Waals surface area contributed by atoms with E-state index in [0.717, 1.165) is 11.3 Å². The van der Waals surface area contributed by atoms with E-state index in [4.69, 9.17) is 4.42 Å². The highest BCUT2D eigenvalue weighted by Gasteiger charge is 2.17. The molecular weight excluding hydrogens is 266 g/mol. The van der Waals surface area contributed by atoms with Crippen LogP contribution in [-0.2, 0) is 17.6 Å². The number of aryl methyl sites for hydroxylation is 1. The number of hydrogen-bond acceptors (Lipinski definition) is 3. The molecule has 4 heteroatoms. The molecule has 2 unspecified atom stereocenters. The normalized spacial score (nSPS) is 13.6. The summed E-state index contributed by atoms with van der Waals surface area (Å²) in [4.78, 5) is 11.8. The highest BCUT2D eigenvalue weighted by atomic mass is 16.3. The Hall–Kier alpha value is -2.07. The number of nitrogens with one attached hydrogen (secondary N) is 1. The smallest absolute Gasteiger partial charge is 0.220 e. The van der Waals surface area contributed by atoms with Crippen molar-refractivity contribution in [3.8, 4) is 0 Å². The van der Waals surface area contributed by atoms with Crippen LogP contribution in [0.25, 0.3) is 0 Å². The molecule has 1 amide bonds. The number of aliphatic hydroxyl groups is 1. The van der Waals surface area contributed by atoms with Crippen LogP contribution >= 0.6 is 0 Å². The Labute approximate surface area is 124 Å². The van der Waals surface area contributed by atoms with Gasteiger partial charge in [0.25, 0.3) is 0 Å². The Morgan fingerprint density at radius 3 is 2.67 bits per heavy atom. The first-order valence-corrected chi connectivity index (χ1v) is 7.19. The van der Waals surface area contributed by atoms with E-state index in [0.29, 0.717) is 19.3 Å². The van der Waals surface area contributed by atoms with Crippen molar-refractivity contribution in [3.05, 3.63) is 60.1 Å². The second-order valence-corrected chi connectivity index (χ2v) is 5.19. The van der Waals surface area contributed by atoms with E-state index in [9.17, 15) is 9.90 Å². The maximum absolute atomic E-state index is 11.8. The molecule has 0 fully saturated rings. The lowest BCUT2D eigenvalue weighted by molar-refractivity contribution is -0.122. The highest BCUT2D eigenvalue weighted by Crippen LogP contribution is 2.07. The van der Waals surface area contributed by atoms with E-state index in [1.165, 1.54) is 0 Å². The average Bonchev–Trinajstić information content (AvgIpc) is 2.99. The molecule has 2 atom stereocenters. The third-order valence-corrected chi connectivity index (χ3v) is 3.43. The Morgan fingerprint density at radius 1 is 1.24 bits per heavy atom. The van der Waals surface area contributed by atoms with Crippen molar-refractivity contribution in [3.63, 3.8) is 0 Å². The van der Waals surface area contributed by atoms with Gasteiger partial charge in [-0.15, -0.1) is 0 Å². The summed E-state index contributed by atoms with van der Waals surface area (Å²) in [5, 5.41) is 13.0. The second kappa shape index (κ2) is 7.64. The standard InChI is InChI=1S/C17H21NO3/c1-13(16(19)12-14-6-3-2-4-7-14)18-17(20)10-9-15-8-5-11-21-15/h2-8,11,13,16,19H,9-10,12H2,1H3,(H,18,20). The van der Waals surface area contributed by atoms with Crippen LogP contribution in [0.1, 0.15) is 24.7 Å². The van der Waals surface area contributed by atoms with Gasteiger partial charge in [-0.2, -0.15) is 0 Å². The summed E-state index contributed by atoms with van der Waals surface area (Å²) in [5.74, 6) is 0.716. The molecule has 21 heavy (non-hydrogen) atoms. The van der Waals surface area contributed by atoms with Crippen LogP contribution in [0, 0.1) is 0 Å². The molecule has 2 aromatic rings. The van der Waals surface area contributed by atoms with Gasteiger partial charge in [0.1, 0.15) is 5.76 Å². The maximum Gasteiger partial charge on any atom is 0.220 e. The summed E-state index contributed by atoms with van der Waals surface area (Å²) in [6.45, 7) is 1.82. The maximum atomic E-state index is 11.8. The van der Waals surface area contributed by atoms with E-state index in [1.807, 2.05) is 43.3 Å². The van der Waals surface area contributed by atoms with Crippen molar-refractivity contribution in [2.75, 3.05) is 0 Å². The molecule has 112 valence electrons. The Balaban J connectivity index is 1.74. The number of benzene rings is 1. The monoisotopic (exact) mass is 287 g/mol. The quantitative estimate of drug-likeness (QED) is 0.821. The van der Waals surface area contributed by atoms with Gasteiger partial charge in [0.05, 0.1) is 18.4 Å². The van der Waals surface area contributed by atoms with Crippen molar-refractivity contribution < 1.29 is 14.3 Å². The fourth-order valence-electron chi connectivity index (χ4n) is 2.15. The van der Waals surface area contributed by atoms with Gasteiger partial charge in [-0.1, -0.05) is 30.3 Å². The molecule has 0 radical (unpaired) electrons. The zero-order valence-corrected chi connectivity index (χ0v) is 12.2. The van der Waals surface area contributed by atoms with Gasteiger partial charge in [0.2, 0.25) is 5.91 Å². The lowest BCUT2D eigenvalue weighted by Gasteiger charge is -2.20. The van der Waals surface area contributed by atoms with Gasteiger partial charge < -0.3 is 14.8 Å². The highest BCUT2D eigenvalue weighted by molar-refractivity contribution is 5.76. The van der Waals surface area contributed by atoms with E-state index >= 15 is 0 Å². The predicted molar refractivity (Wildman–Crippen MR) is 80.8 cm³/mol. The van der Waals surface area contributed by atoms with Crippen molar-refractivity contribution in [2.24, 2.45) is 0 Å². The molecule has 0 aliphatic carbocycles. The lowest BCUT2D eigenvalue weighted by Crippen LogP contribution is -2.42. The molecule has 0 aliphatic heterocycles. The predicted octanol–water partition coefficient (Wildman–Crippen LogP) is 2.32. The Bertz CT molecular complexity index is 536. The van der Waals surface area contributed by atoms with Gasteiger partial charge in [-0.05, 0) is 24.6 Å². The average molecular weight is 287 g/mol. The van der Waals surface area contributed by atoms with E-state index < -0.39 is 6.10 Å². The number of carbonyl (C=O) groups excluding carboxylic acids is 1. The number of furan rings is 1.